The van der Waals surface area contributed by atoms with Gasteiger partial charge in [-0.2, -0.15) is 0 Å². The Labute approximate surface area is 100 Å². The van der Waals surface area contributed by atoms with Crippen LogP contribution in [0.3, 0.4) is 0 Å². The predicted molar refractivity (Wildman–Crippen MR) is 63.8 cm³/mol. The molecule has 2 rings (SSSR count). The Morgan fingerprint density at radius 1 is 1.41 bits per heavy atom. The van der Waals surface area contributed by atoms with Crippen LogP contribution in [0.2, 0.25) is 0 Å². The van der Waals surface area contributed by atoms with Gasteiger partial charge in [-0.3, -0.25) is 4.79 Å². The number of sulfone groups is 1. The van der Waals surface area contributed by atoms with Crippen molar-refractivity contribution in [2.24, 2.45) is 0 Å². The molecule has 1 unspecified atom stereocenters. The van der Waals surface area contributed by atoms with Crippen LogP contribution in [-0.4, -0.2) is 31.0 Å². The Morgan fingerprint density at radius 2 is 2.18 bits per heavy atom. The number of hydrogen-bond acceptors (Lipinski definition) is 3. The summed E-state index contributed by atoms with van der Waals surface area (Å²) in [6.07, 6.45) is 0.617. The van der Waals surface area contributed by atoms with E-state index in [1.807, 2.05) is 6.07 Å². The van der Waals surface area contributed by atoms with Gasteiger partial charge in [0.15, 0.2) is 9.84 Å². The summed E-state index contributed by atoms with van der Waals surface area (Å²) in [5, 5.41) is 8.71. The fourth-order valence-corrected chi connectivity index (χ4v) is 3.97. The lowest BCUT2D eigenvalue weighted by atomic mass is 9.96. The average Bonchev–Trinajstić information content (AvgIpc) is 2.58. The quantitative estimate of drug-likeness (QED) is 0.880. The molecular weight excluding hydrogens is 240 g/mol. The molecule has 1 heterocycles. The molecule has 0 amide bonds. The highest BCUT2D eigenvalue weighted by atomic mass is 32.2. The van der Waals surface area contributed by atoms with Gasteiger partial charge in [0.1, 0.15) is 0 Å². The SMILES string of the molecule is O=C(O)Cc1cccc(C2CCS(=O)(=O)C2)c1. The number of rotatable bonds is 3. The van der Waals surface area contributed by atoms with Crippen LogP contribution in [0.1, 0.15) is 23.5 Å². The van der Waals surface area contributed by atoms with Gasteiger partial charge >= 0.3 is 5.97 Å². The van der Waals surface area contributed by atoms with Gasteiger partial charge in [0, 0.05) is 0 Å². The summed E-state index contributed by atoms with van der Waals surface area (Å²) >= 11 is 0. The monoisotopic (exact) mass is 254 g/mol. The van der Waals surface area contributed by atoms with E-state index in [2.05, 4.69) is 0 Å². The van der Waals surface area contributed by atoms with Crippen LogP contribution in [0.15, 0.2) is 24.3 Å². The van der Waals surface area contributed by atoms with Crippen molar-refractivity contribution in [1.82, 2.24) is 0 Å². The maximum atomic E-state index is 11.4. The molecule has 0 saturated carbocycles. The van der Waals surface area contributed by atoms with Crippen molar-refractivity contribution < 1.29 is 18.3 Å². The Bertz CT molecular complexity index is 533. The Kier molecular flexibility index (Phi) is 3.19. The average molecular weight is 254 g/mol. The van der Waals surface area contributed by atoms with E-state index in [-0.39, 0.29) is 23.8 Å². The van der Waals surface area contributed by atoms with E-state index in [4.69, 9.17) is 5.11 Å². The third-order valence-corrected chi connectivity index (χ3v) is 4.78. The highest BCUT2D eigenvalue weighted by molar-refractivity contribution is 7.91. The fourth-order valence-electron chi connectivity index (χ4n) is 2.19. The molecule has 1 saturated heterocycles. The molecule has 0 aliphatic carbocycles. The van der Waals surface area contributed by atoms with Gasteiger partial charge in [0.25, 0.3) is 0 Å². The lowest BCUT2D eigenvalue weighted by Gasteiger charge is -2.09. The van der Waals surface area contributed by atoms with Crippen molar-refractivity contribution >= 4 is 15.8 Å². The molecule has 1 aromatic rings. The molecule has 1 aromatic carbocycles. The molecule has 0 radical (unpaired) electrons. The molecule has 1 aliphatic heterocycles. The van der Waals surface area contributed by atoms with Crippen molar-refractivity contribution in [3.63, 3.8) is 0 Å². The standard InChI is InChI=1S/C12H14O4S/c13-12(14)7-9-2-1-3-10(6-9)11-4-5-17(15,16)8-11/h1-3,6,11H,4-5,7-8H2,(H,13,14). The molecule has 1 N–H and O–H groups in total. The number of carboxylic acid groups (broad SMARTS) is 1. The van der Waals surface area contributed by atoms with Crippen LogP contribution >= 0.6 is 0 Å². The largest absolute Gasteiger partial charge is 0.481 e. The van der Waals surface area contributed by atoms with Crippen LogP contribution in [0.25, 0.3) is 0 Å². The van der Waals surface area contributed by atoms with E-state index >= 15 is 0 Å². The van der Waals surface area contributed by atoms with E-state index in [0.717, 1.165) is 11.1 Å². The molecule has 4 nitrogen and oxygen atoms in total. The topological polar surface area (TPSA) is 71.4 Å². The summed E-state index contributed by atoms with van der Waals surface area (Å²) in [6, 6.07) is 7.22. The molecule has 92 valence electrons. The van der Waals surface area contributed by atoms with Crippen LogP contribution in [0, 0.1) is 0 Å². The van der Waals surface area contributed by atoms with E-state index in [1.165, 1.54) is 0 Å². The smallest absolute Gasteiger partial charge is 0.307 e. The zero-order valence-electron chi connectivity index (χ0n) is 9.30. The van der Waals surface area contributed by atoms with Gasteiger partial charge in [-0.25, -0.2) is 8.42 Å². The fraction of sp³-hybridized carbons (Fsp3) is 0.417. The highest BCUT2D eigenvalue weighted by Crippen LogP contribution is 2.29. The van der Waals surface area contributed by atoms with Gasteiger partial charge in [0.05, 0.1) is 17.9 Å². The first-order chi connectivity index (χ1) is 7.96. The van der Waals surface area contributed by atoms with Crippen LogP contribution in [0.5, 0.6) is 0 Å². The second kappa shape index (κ2) is 4.49. The minimum absolute atomic E-state index is 0.0205. The van der Waals surface area contributed by atoms with Crippen molar-refractivity contribution in [3.05, 3.63) is 35.4 Å². The molecular formula is C12H14O4S. The predicted octanol–water partition coefficient (Wildman–Crippen LogP) is 1.22. The summed E-state index contributed by atoms with van der Waals surface area (Å²) in [4.78, 5) is 10.6. The second-order valence-electron chi connectivity index (χ2n) is 4.42. The molecule has 0 bridgehead atoms. The van der Waals surface area contributed by atoms with Crippen molar-refractivity contribution in [1.29, 1.82) is 0 Å². The maximum Gasteiger partial charge on any atom is 0.307 e. The summed E-state index contributed by atoms with van der Waals surface area (Å²) < 4.78 is 22.8. The highest BCUT2D eigenvalue weighted by Gasteiger charge is 2.28. The minimum Gasteiger partial charge on any atom is -0.481 e. The molecule has 0 spiro atoms. The van der Waals surface area contributed by atoms with Crippen molar-refractivity contribution in [2.45, 2.75) is 18.8 Å². The first-order valence-electron chi connectivity index (χ1n) is 5.47. The Balaban J connectivity index is 2.19. The normalized spacial score (nSPS) is 22.5. The molecule has 1 aliphatic rings. The Hall–Kier alpha value is -1.36. The Morgan fingerprint density at radius 3 is 2.76 bits per heavy atom. The lowest BCUT2D eigenvalue weighted by Crippen LogP contribution is -2.05. The van der Waals surface area contributed by atoms with Gasteiger partial charge in [-0.05, 0) is 23.5 Å². The van der Waals surface area contributed by atoms with Gasteiger partial charge in [-0.1, -0.05) is 24.3 Å². The molecule has 5 heteroatoms. The molecule has 0 aromatic heterocycles. The molecule has 1 atom stereocenters. The number of hydrogen-bond donors (Lipinski definition) is 1. The number of carboxylic acids is 1. The van der Waals surface area contributed by atoms with Crippen molar-refractivity contribution in [3.8, 4) is 0 Å². The maximum absolute atomic E-state index is 11.4. The van der Waals surface area contributed by atoms with Crippen LogP contribution in [-0.2, 0) is 21.1 Å². The van der Waals surface area contributed by atoms with E-state index < -0.39 is 15.8 Å². The summed E-state index contributed by atoms with van der Waals surface area (Å²) in [7, 11) is -2.90. The van der Waals surface area contributed by atoms with E-state index in [0.29, 0.717) is 6.42 Å². The minimum atomic E-state index is -2.90. The van der Waals surface area contributed by atoms with Crippen LogP contribution in [0.4, 0.5) is 0 Å². The molecule has 1 fully saturated rings. The zero-order valence-corrected chi connectivity index (χ0v) is 10.1. The lowest BCUT2D eigenvalue weighted by molar-refractivity contribution is -0.136. The summed E-state index contributed by atoms with van der Waals surface area (Å²) in [5.74, 6) is -0.431. The number of carbonyl (C=O) groups is 1. The first-order valence-corrected chi connectivity index (χ1v) is 7.29. The summed E-state index contributed by atoms with van der Waals surface area (Å²) in [5.41, 5.74) is 1.66. The second-order valence-corrected chi connectivity index (χ2v) is 6.64. The molecule has 17 heavy (non-hydrogen) atoms. The van der Waals surface area contributed by atoms with Gasteiger partial charge in [0.2, 0.25) is 0 Å². The number of aliphatic carboxylic acids is 1. The third kappa shape index (κ3) is 3.06. The van der Waals surface area contributed by atoms with E-state index in [1.54, 1.807) is 18.2 Å². The zero-order chi connectivity index (χ0) is 12.5. The number of benzene rings is 1. The van der Waals surface area contributed by atoms with E-state index in [9.17, 15) is 13.2 Å². The first kappa shape index (κ1) is 12.1. The van der Waals surface area contributed by atoms with Crippen LogP contribution < -0.4 is 0 Å². The van der Waals surface area contributed by atoms with Gasteiger partial charge in [-0.15, -0.1) is 0 Å². The van der Waals surface area contributed by atoms with Crippen molar-refractivity contribution in [2.75, 3.05) is 11.5 Å². The van der Waals surface area contributed by atoms with Gasteiger partial charge < -0.3 is 5.11 Å². The third-order valence-electron chi connectivity index (χ3n) is 3.01. The summed E-state index contributed by atoms with van der Waals surface area (Å²) in [6.45, 7) is 0.